The first-order valence-electron chi connectivity index (χ1n) is 13.5. The number of rotatable bonds is 7. The molecule has 2 aliphatic heterocycles. The molecule has 0 aromatic carbocycles. The molecule has 0 aliphatic carbocycles. The fourth-order valence-corrected chi connectivity index (χ4v) is 6.91. The number of ether oxygens (including phenoxy) is 1. The van der Waals surface area contributed by atoms with E-state index in [9.17, 15) is 0 Å². The van der Waals surface area contributed by atoms with Gasteiger partial charge in [0, 0.05) is 52.5 Å². The maximum absolute atomic E-state index is 6.44. The molecule has 43 heavy (non-hydrogen) atoms. The first-order valence-corrected chi connectivity index (χ1v) is 14.4. The Morgan fingerprint density at radius 1 is 0.930 bits per heavy atom. The smallest absolute Gasteiger partial charge is 0.201 e. The topological polar surface area (TPSA) is 137 Å². The highest BCUT2D eigenvalue weighted by atomic mass is 32.1. The van der Waals surface area contributed by atoms with Crippen LogP contribution in [0.1, 0.15) is 27.7 Å². The van der Waals surface area contributed by atoms with Gasteiger partial charge < -0.3 is 14.1 Å². The minimum Gasteiger partial charge on any atom is -0.489 e. The molecule has 6 aromatic heterocycles. The molecule has 0 bridgehead atoms. The SMILES string of the molecule is C1=COC(C2=C(c3cnccn3)C(c3ccn[nH]3)=C(c3ccc[nH]3)N(c3ccco3)C2(c2cn[nH]n2)c2cccs2)C=C1. The van der Waals surface area contributed by atoms with Gasteiger partial charge in [0.05, 0.1) is 47.7 Å². The highest BCUT2D eigenvalue weighted by Gasteiger charge is 2.57. The summed E-state index contributed by atoms with van der Waals surface area (Å²) in [5.41, 5.74) is 5.07. The second-order valence-corrected chi connectivity index (χ2v) is 10.7. The van der Waals surface area contributed by atoms with Gasteiger partial charge in [-0.1, -0.05) is 12.1 Å². The van der Waals surface area contributed by atoms with Crippen molar-refractivity contribution in [3.63, 3.8) is 0 Å². The van der Waals surface area contributed by atoms with E-state index in [1.54, 1.807) is 54.8 Å². The van der Waals surface area contributed by atoms with E-state index in [0.717, 1.165) is 38.7 Å². The van der Waals surface area contributed by atoms with Crippen LogP contribution in [0.2, 0.25) is 0 Å². The van der Waals surface area contributed by atoms with Crippen molar-refractivity contribution in [2.24, 2.45) is 0 Å². The molecule has 0 radical (unpaired) electrons. The quantitative estimate of drug-likeness (QED) is 0.222. The monoisotopic (exact) mass is 585 g/mol. The summed E-state index contributed by atoms with van der Waals surface area (Å²) in [5.74, 6) is 0.587. The molecule has 0 fully saturated rings. The molecular formula is C31H23N9O2S. The zero-order valence-electron chi connectivity index (χ0n) is 22.5. The first kappa shape index (κ1) is 25.0. The molecule has 12 heteroatoms. The molecule has 0 saturated heterocycles. The molecule has 8 heterocycles. The molecule has 210 valence electrons. The van der Waals surface area contributed by atoms with Gasteiger partial charge >= 0.3 is 0 Å². The van der Waals surface area contributed by atoms with Crippen LogP contribution in [0.15, 0.2) is 126 Å². The van der Waals surface area contributed by atoms with Gasteiger partial charge in [0.25, 0.3) is 0 Å². The lowest BCUT2D eigenvalue weighted by Gasteiger charge is -2.50. The minimum absolute atomic E-state index is 0.540. The maximum atomic E-state index is 6.44. The number of anilines is 1. The third-order valence-corrected chi connectivity index (χ3v) is 8.50. The average molecular weight is 586 g/mol. The number of allylic oxidation sites excluding steroid dienone is 4. The third-order valence-electron chi connectivity index (χ3n) is 7.52. The lowest BCUT2D eigenvalue weighted by atomic mass is 9.71. The molecular weight excluding hydrogens is 562 g/mol. The molecule has 0 saturated carbocycles. The standard InChI is InChI=1S/C31H23N9O2S/c1-2-15-41-23(7-1)29-27(22-18-32-13-14-34-22)28(20-10-12-35-37-20)30(21-6-3-11-33-21)40(26-9-4-16-42-26)31(29,24-19-36-39-38-24)25-8-5-17-43-25/h1-19,23,33H,(H,35,37)(H,36,38,39). The molecule has 2 aliphatic rings. The van der Waals surface area contributed by atoms with Crippen molar-refractivity contribution in [2.75, 3.05) is 4.90 Å². The Hall–Kier alpha value is -5.75. The summed E-state index contributed by atoms with van der Waals surface area (Å²) in [6, 6.07) is 13.9. The van der Waals surface area contributed by atoms with Gasteiger partial charge in [-0.25, -0.2) is 0 Å². The van der Waals surface area contributed by atoms with Crippen LogP contribution in [0.4, 0.5) is 5.88 Å². The van der Waals surface area contributed by atoms with Crippen molar-refractivity contribution in [1.29, 1.82) is 0 Å². The van der Waals surface area contributed by atoms with Crippen LogP contribution in [0.3, 0.4) is 0 Å². The fraction of sp³-hybridized carbons (Fsp3) is 0.0645. The van der Waals surface area contributed by atoms with E-state index in [-0.39, 0.29) is 0 Å². The lowest BCUT2D eigenvalue weighted by molar-refractivity contribution is 0.200. The van der Waals surface area contributed by atoms with Crippen LogP contribution in [0.25, 0.3) is 16.8 Å². The van der Waals surface area contributed by atoms with Crippen molar-refractivity contribution in [2.45, 2.75) is 11.6 Å². The summed E-state index contributed by atoms with van der Waals surface area (Å²) in [6.07, 6.45) is 19.2. The molecule has 0 spiro atoms. The summed E-state index contributed by atoms with van der Waals surface area (Å²) in [6.45, 7) is 0. The van der Waals surface area contributed by atoms with Gasteiger partial charge in [-0.3, -0.25) is 20.0 Å². The fourth-order valence-electron chi connectivity index (χ4n) is 5.97. The van der Waals surface area contributed by atoms with E-state index >= 15 is 0 Å². The van der Waals surface area contributed by atoms with Gasteiger partial charge in [-0.15, -0.1) is 11.3 Å². The number of H-pyrrole nitrogens is 3. The Balaban J connectivity index is 1.64. The van der Waals surface area contributed by atoms with Crippen molar-refractivity contribution >= 4 is 34.1 Å². The van der Waals surface area contributed by atoms with Gasteiger partial charge in [0.2, 0.25) is 5.88 Å². The second kappa shape index (κ2) is 10.3. The van der Waals surface area contributed by atoms with Crippen LogP contribution in [0.5, 0.6) is 0 Å². The molecule has 2 unspecified atom stereocenters. The van der Waals surface area contributed by atoms with Crippen LogP contribution >= 0.6 is 11.3 Å². The third kappa shape index (κ3) is 3.84. The Bertz CT molecular complexity index is 1900. The summed E-state index contributed by atoms with van der Waals surface area (Å²) in [4.78, 5) is 15.9. The average Bonchev–Trinajstić information content (AvgIpc) is 3.90. The van der Waals surface area contributed by atoms with Crippen LogP contribution in [0, 0.1) is 0 Å². The number of thiophene rings is 1. The van der Waals surface area contributed by atoms with E-state index in [1.165, 1.54) is 0 Å². The second-order valence-electron chi connectivity index (χ2n) is 9.76. The van der Waals surface area contributed by atoms with E-state index < -0.39 is 11.6 Å². The van der Waals surface area contributed by atoms with Crippen molar-refractivity contribution in [1.82, 2.24) is 40.6 Å². The van der Waals surface area contributed by atoms with Crippen molar-refractivity contribution in [3.8, 4) is 0 Å². The van der Waals surface area contributed by atoms with Crippen molar-refractivity contribution < 1.29 is 9.15 Å². The number of furan rings is 1. The molecule has 2 atom stereocenters. The molecule has 8 rings (SSSR count). The predicted octanol–water partition coefficient (Wildman–Crippen LogP) is 5.56. The Morgan fingerprint density at radius 3 is 2.60 bits per heavy atom. The van der Waals surface area contributed by atoms with E-state index in [0.29, 0.717) is 17.3 Å². The normalized spacial score (nSPS) is 20.2. The Labute approximate surface area is 249 Å². The van der Waals surface area contributed by atoms with Gasteiger partial charge in [0.15, 0.2) is 5.54 Å². The number of nitrogens with one attached hydrogen (secondary N) is 3. The highest BCUT2D eigenvalue weighted by Crippen LogP contribution is 2.59. The molecule has 0 amide bonds. The number of nitrogens with zero attached hydrogens (tertiary/aromatic N) is 6. The summed E-state index contributed by atoms with van der Waals surface area (Å²) in [5, 5.41) is 21.6. The van der Waals surface area contributed by atoms with Crippen LogP contribution < -0.4 is 4.90 Å². The summed E-state index contributed by atoms with van der Waals surface area (Å²) < 4.78 is 12.7. The summed E-state index contributed by atoms with van der Waals surface area (Å²) >= 11 is 1.60. The highest BCUT2D eigenvalue weighted by molar-refractivity contribution is 7.10. The van der Waals surface area contributed by atoms with Crippen LogP contribution in [-0.2, 0) is 10.3 Å². The number of aromatic amines is 3. The number of hydrogen-bond acceptors (Lipinski definition) is 9. The molecule has 6 aromatic rings. The lowest BCUT2D eigenvalue weighted by Crippen LogP contribution is -2.53. The molecule has 11 nitrogen and oxygen atoms in total. The Kier molecular flexibility index (Phi) is 5.97. The molecule has 3 N–H and O–H groups in total. The van der Waals surface area contributed by atoms with Gasteiger partial charge in [0.1, 0.15) is 11.8 Å². The summed E-state index contributed by atoms with van der Waals surface area (Å²) in [7, 11) is 0. The van der Waals surface area contributed by atoms with Gasteiger partial charge in [-0.2, -0.15) is 20.5 Å². The zero-order valence-corrected chi connectivity index (χ0v) is 23.3. The van der Waals surface area contributed by atoms with E-state index in [2.05, 4.69) is 46.8 Å². The maximum Gasteiger partial charge on any atom is 0.201 e. The van der Waals surface area contributed by atoms with E-state index in [4.69, 9.17) is 19.2 Å². The predicted molar refractivity (Wildman–Crippen MR) is 161 cm³/mol. The number of aromatic nitrogens is 8. The largest absolute Gasteiger partial charge is 0.489 e. The minimum atomic E-state index is -1.13. The van der Waals surface area contributed by atoms with E-state index in [1.807, 2.05) is 60.8 Å². The van der Waals surface area contributed by atoms with Gasteiger partial charge in [-0.05, 0) is 47.9 Å². The first-order chi connectivity index (χ1) is 21.4. The number of hydrogen-bond donors (Lipinski definition) is 3. The Morgan fingerprint density at radius 2 is 1.93 bits per heavy atom. The van der Waals surface area contributed by atoms with Crippen molar-refractivity contribution in [3.05, 3.63) is 149 Å². The van der Waals surface area contributed by atoms with Crippen LogP contribution in [-0.4, -0.2) is 46.7 Å². The zero-order chi connectivity index (χ0) is 28.6.